The minimum absolute atomic E-state index is 0.181. The minimum Gasteiger partial charge on any atom is -0.486 e. The first-order valence-electron chi connectivity index (χ1n) is 9.38. The number of esters is 1. The lowest BCUT2D eigenvalue weighted by Gasteiger charge is -2.18. The molecule has 0 aliphatic carbocycles. The largest absolute Gasteiger partial charge is 0.486 e. The minimum atomic E-state index is -0.334. The molecule has 7 nitrogen and oxygen atoms in total. The van der Waals surface area contributed by atoms with Crippen molar-refractivity contribution in [1.29, 1.82) is 0 Å². The average molecular weight is 412 g/mol. The van der Waals surface area contributed by atoms with Crippen LogP contribution in [-0.2, 0) is 16.1 Å². The van der Waals surface area contributed by atoms with Gasteiger partial charge in [-0.15, -0.1) is 0 Å². The van der Waals surface area contributed by atoms with Gasteiger partial charge in [-0.1, -0.05) is 29.5 Å². The van der Waals surface area contributed by atoms with Crippen molar-refractivity contribution in [1.82, 2.24) is 4.57 Å². The van der Waals surface area contributed by atoms with Crippen molar-refractivity contribution in [2.45, 2.75) is 19.9 Å². The summed E-state index contributed by atoms with van der Waals surface area (Å²) in [5.74, 6) is 0.687. The van der Waals surface area contributed by atoms with Crippen molar-refractivity contribution in [3.63, 3.8) is 0 Å². The predicted molar refractivity (Wildman–Crippen MR) is 108 cm³/mol. The van der Waals surface area contributed by atoms with Crippen LogP contribution in [0.15, 0.2) is 47.5 Å². The Kier molecular flexibility index (Phi) is 5.62. The number of carbonyl (C=O) groups is 2. The van der Waals surface area contributed by atoms with E-state index < -0.39 is 0 Å². The van der Waals surface area contributed by atoms with E-state index in [2.05, 4.69) is 4.99 Å². The van der Waals surface area contributed by atoms with E-state index in [0.29, 0.717) is 48.2 Å². The molecule has 1 amide bonds. The van der Waals surface area contributed by atoms with E-state index >= 15 is 0 Å². The van der Waals surface area contributed by atoms with Gasteiger partial charge in [0.05, 0.1) is 23.2 Å². The van der Waals surface area contributed by atoms with Crippen molar-refractivity contribution in [2.75, 3.05) is 19.8 Å². The van der Waals surface area contributed by atoms with Crippen LogP contribution in [0, 0.1) is 0 Å². The number of amides is 1. The van der Waals surface area contributed by atoms with Crippen LogP contribution in [0.4, 0.5) is 0 Å². The third-order valence-electron chi connectivity index (χ3n) is 4.41. The highest BCUT2D eigenvalue weighted by Crippen LogP contribution is 2.35. The Morgan fingerprint density at radius 3 is 2.59 bits per heavy atom. The van der Waals surface area contributed by atoms with E-state index in [-0.39, 0.29) is 18.3 Å². The lowest BCUT2D eigenvalue weighted by atomic mass is 10.2. The maximum absolute atomic E-state index is 12.6. The molecule has 29 heavy (non-hydrogen) atoms. The van der Waals surface area contributed by atoms with Gasteiger partial charge in [0.2, 0.25) is 0 Å². The molecule has 8 heteroatoms. The van der Waals surface area contributed by atoms with Gasteiger partial charge in [0.15, 0.2) is 16.3 Å². The summed E-state index contributed by atoms with van der Waals surface area (Å²) in [5.41, 5.74) is 1.34. The van der Waals surface area contributed by atoms with E-state index in [1.807, 2.05) is 22.8 Å². The summed E-state index contributed by atoms with van der Waals surface area (Å²) in [7, 11) is 0. The van der Waals surface area contributed by atoms with Gasteiger partial charge in [-0.05, 0) is 19.1 Å². The first-order chi connectivity index (χ1) is 14.2. The molecule has 1 aromatic heterocycles. The van der Waals surface area contributed by atoms with Crippen molar-refractivity contribution in [2.24, 2.45) is 4.99 Å². The van der Waals surface area contributed by atoms with Gasteiger partial charge >= 0.3 is 5.97 Å². The summed E-state index contributed by atoms with van der Waals surface area (Å²) in [6.07, 6.45) is 0.181. The lowest BCUT2D eigenvalue weighted by Crippen LogP contribution is -2.20. The van der Waals surface area contributed by atoms with Gasteiger partial charge in [-0.2, -0.15) is 4.99 Å². The fraction of sp³-hybridized carbons (Fsp3) is 0.286. The summed E-state index contributed by atoms with van der Waals surface area (Å²) in [4.78, 5) is 29.4. The number of aryl methyl sites for hydroxylation is 1. The van der Waals surface area contributed by atoms with Gasteiger partial charge in [0.1, 0.15) is 13.2 Å². The molecule has 0 fully saturated rings. The molecule has 0 atom stereocenters. The molecule has 4 rings (SSSR count). The Labute approximate surface area is 171 Å². The number of carbonyl (C=O) groups excluding carboxylic acids is 2. The highest BCUT2D eigenvalue weighted by atomic mass is 32.1. The van der Waals surface area contributed by atoms with Gasteiger partial charge in [-0.25, -0.2) is 0 Å². The second-order valence-electron chi connectivity index (χ2n) is 6.34. The van der Waals surface area contributed by atoms with Crippen LogP contribution in [0.2, 0.25) is 0 Å². The van der Waals surface area contributed by atoms with Crippen LogP contribution in [-0.4, -0.2) is 36.3 Å². The Morgan fingerprint density at radius 1 is 1.14 bits per heavy atom. The van der Waals surface area contributed by atoms with Crippen LogP contribution in [0.5, 0.6) is 11.5 Å². The normalized spacial score (nSPS) is 13.5. The van der Waals surface area contributed by atoms with E-state index in [4.69, 9.17) is 14.2 Å². The standard InChI is InChI=1S/C21H20N2O5S/c1-2-26-19(24)8-9-23-15-12-16-17(28-11-10-27-16)13-18(15)29-21(23)22-20(25)14-6-4-3-5-7-14/h3-7,12-13H,2,8-11H2,1H3. The van der Waals surface area contributed by atoms with Crippen molar-refractivity contribution in [3.05, 3.63) is 52.8 Å². The molecule has 1 aliphatic rings. The highest BCUT2D eigenvalue weighted by Gasteiger charge is 2.17. The smallest absolute Gasteiger partial charge is 0.307 e. The van der Waals surface area contributed by atoms with Crippen LogP contribution in [0.3, 0.4) is 0 Å². The van der Waals surface area contributed by atoms with Crippen LogP contribution in [0.1, 0.15) is 23.7 Å². The summed E-state index contributed by atoms with van der Waals surface area (Å²) in [6, 6.07) is 12.7. The van der Waals surface area contributed by atoms with Gasteiger partial charge in [0.25, 0.3) is 5.91 Å². The number of aromatic nitrogens is 1. The fourth-order valence-electron chi connectivity index (χ4n) is 3.08. The zero-order valence-corrected chi connectivity index (χ0v) is 16.7. The predicted octanol–water partition coefficient (Wildman–Crippen LogP) is 3.17. The SMILES string of the molecule is CCOC(=O)CCn1c(=NC(=O)c2ccccc2)sc2cc3c(cc21)OCCO3. The van der Waals surface area contributed by atoms with E-state index in [0.717, 1.165) is 10.2 Å². The molecule has 2 aromatic carbocycles. The Balaban J connectivity index is 1.78. The molecule has 150 valence electrons. The van der Waals surface area contributed by atoms with E-state index in [9.17, 15) is 9.59 Å². The van der Waals surface area contributed by atoms with Crippen molar-refractivity contribution in [3.8, 4) is 11.5 Å². The number of hydrogen-bond donors (Lipinski definition) is 0. The summed E-state index contributed by atoms with van der Waals surface area (Å²) in [5, 5.41) is 0. The molecular weight excluding hydrogens is 392 g/mol. The number of fused-ring (bicyclic) bond motifs is 2. The Bertz CT molecular complexity index is 1120. The van der Waals surface area contributed by atoms with Crippen molar-refractivity contribution >= 4 is 33.4 Å². The zero-order chi connectivity index (χ0) is 20.2. The molecule has 0 radical (unpaired) electrons. The third kappa shape index (κ3) is 4.17. The number of nitrogens with zero attached hydrogens (tertiary/aromatic N) is 2. The zero-order valence-electron chi connectivity index (χ0n) is 15.9. The second kappa shape index (κ2) is 8.48. The average Bonchev–Trinajstić information content (AvgIpc) is 3.07. The number of thiazole rings is 1. The fourth-order valence-corrected chi connectivity index (χ4v) is 4.14. The number of benzene rings is 2. The monoisotopic (exact) mass is 412 g/mol. The maximum Gasteiger partial charge on any atom is 0.307 e. The molecule has 3 aromatic rings. The van der Waals surface area contributed by atoms with Gasteiger partial charge in [0, 0.05) is 24.2 Å². The van der Waals surface area contributed by atoms with Crippen LogP contribution >= 0.6 is 11.3 Å². The van der Waals surface area contributed by atoms with E-state index in [1.165, 1.54) is 11.3 Å². The van der Waals surface area contributed by atoms with Gasteiger partial charge < -0.3 is 18.8 Å². The number of hydrogen-bond acceptors (Lipinski definition) is 6. The molecule has 0 N–H and O–H groups in total. The molecule has 0 saturated heterocycles. The maximum atomic E-state index is 12.6. The topological polar surface area (TPSA) is 79.1 Å². The molecule has 0 saturated carbocycles. The number of ether oxygens (including phenoxy) is 3. The molecule has 0 unspecified atom stereocenters. The summed E-state index contributed by atoms with van der Waals surface area (Å²) < 4.78 is 19.1. The lowest BCUT2D eigenvalue weighted by molar-refractivity contribution is -0.143. The van der Waals surface area contributed by atoms with Crippen LogP contribution < -0.4 is 14.3 Å². The molecule has 0 spiro atoms. The summed E-state index contributed by atoms with van der Waals surface area (Å²) >= 11 is 1.37. The third-order valence-corrected chi connectivity index (χ3v) is 5.45. The number of rotatable bonds is 5. The van der Waals surface area contributed by atoms with Crippen LogP contribution in [0.25, 0.3) is 10.2 Å². The first kappa shape index (κ1) is 19.2. The van der Waals surface area contributed by atoms with E-state index in [1.54, 1.807) is 31.2 Å². The van der Waals surface area contributed by atoms with Gasteiger partial charge in [-0.3, -0.25) is 9.59 Å². The summed E-state index contributed by atoms with van der Waals surface area (Å²) in [6.45, 7) is 3.43. The molecular formula is C21H20N2O5S. The molecule has 0 bridgehead atoms. The Morgan fingerprint density at radius 2 is 1.86 bits per heavy atom. The molecule has 2 heterocycles. The first-order valence-corrected chi connectivity index (χ1v) is 10.2. The Hall–Kier alpha value is -3.13. The molecule has 1 aliphatic heterocycles. The van der Waals surface area contributed by atoms with Crippen molar-refractivity contribution < 1.29 is 23.8 Å². The quantitative estimate of drug-likeness (QED) is 0.602. The highest BCUT2D eigenvalue weighted by molar-refractivity contribution is 7.16. The second-order valence-corrected chi connectivity index (χ2v) is 7.35.